The van der Waals surface area contributed by atoms with Crippen LogP contribution in [0.25, 0.3) is 10.2 Å². The molecule has 8 heteroatoms. The molecule has 0 atom stereocenters. The topological polar surface area (TPSA) is 74.6 Å². The number of nitrogens with zero attached hydrogens (tertiary/aromatic N) is 2. The summed E-state index contributed by atoms with van der Waals surface area (Å²) in [6, 6.07) is 1.66. The molecule has 0 bridgehead atoms. The Kier molecular flexibility index (Phi) is 8.37. The first-order chi connectivity index (χ1) is 12.5. The first-order valence-corrected chi connectivity index (χ1v) is 10.2. The van der Waals surface area contributed by atoms with Gasteiger partial charge >= 0.3 is 29.6 Å². The van der Waals surface area contributed by atoms with Gasteiger partial charge in [-0.1, -0.05) is 6.42 Å². The van der Waals surface area contributed by atoms with Crippen LogP contribution in [0.2, 0.25) is 0 Å². The van der Waals surface area contributed by atoms with Crippen LogP contribution in [0, 0.1) is 0 Å². The minimum Gasteiger partial charge on any atom is -1.00 e. The molecule has 1 amide bonds. The SMILES string of the molecule is CC(C)n1c(=O)c(C(=O)NCCCN2CCCCC2)c(O)c2ccsc21.[H-].[Na+]. The normalized spacial score (nSPS) is 15.1. The Labute approximate surface area is 187 Å². The second kappa shape index (κ2) is 10.1. The zero-order valence-corrected chi connectivity index (χ0v) is 19.3. The van der Waals surface area contributed by atoms with Crippen molar-refractivity contribution < 1.29 is 40.9 Å². The molecule has 2 aromatic heterocycles. The fourth-order valence-electron chi connectivity index (χ4n) is 3.57. The Bertz CT molecular complexity index is 847. The summed E-state index contributed by atoms with van der Waals surface area (Å²) in [6.45, 7) is 7.50. The molecular formula is C19H28N3NaO3S. The van der Waals surface area contributed by atoms with E-state index in [0.717, 1.165) is 26.1 Å². The summed E-state index contributed by atoms with van der Waals surface area (Å²) in [5.74, 6) is -0.703. The Morgan fingerprint density at radius 1 is 1.33 bits per heavy atom. The number of fused-ring (bicyclic) bond motifs is 1. The number of carbonyl (C=O) groups is 1. The van der Waals surface area contributed by atoms with E-state index in [1.165, 1.54) is 30.6 Å². The molecule has 0 aromatic carbocycles. The van der Waals surface area contributed by atoms with Crippen molar-refractivity contribution in [2.75, 3.05) is 26.2 Å². The van der Waals surface area contributed by atoms with E-state index in [-0.39, 0.29) is 48.3 Å². The third-order valence-electron chi connectivity index (χ3n) is 4.92. The van der Waals surface area contributed by atoms with Crippen molar-refractivity contribution >= 4 is 27.5 Å². The molecule has 0 radical (unpaired) electrons. The molecule has 1 aliphatic heterocycles. The minimum atomic E-state index is -0.492. The Morgan fingerprint density at radius 2 is 2.04 bits per heavy atom. The van der Waals surface area contributed by atoms with Gasteiger partial charge in [0, 0.05) is 12.6 Å². The molecule has 2 aromatic rings. The van der Waals surface area contributed by atoms with Gasteiger partial charge in [0.15, 0.2) is 0 Å². The largest absolute Gasteiger partial charge is 1.00 e. The number of carbonyl (C=O) groups excluding carboxylic acids is 1. The van der Waals surface area contributed by atoms with Gasteiger partial charge in [-0.2, -0.15) is 0 Å². The molecule has 6 nitrogen and oxygen atoms in total. The van der Waals surface area contributed by atoms with Crippen LogP contribution >= 0.6 is 11.3 Å². The van der Waals surface area contributed by atoms with Gasteiger partial charge in [0.05, 0.1) is 5.39 Å². The number of hydrogen-bond donors (Lipinski definition) is 2. The number of amides is 1. The van der Waals surface area contributed by atoms with E-state index in [1.54, 1.807) is 10.6 Å². The van der Waals surface area contributed by atoms with Crippen LogP contribution in [0.4, 0.5) is 0 Å². The van der Waals surface area contributed by atoms with Gasteiger partial charge in [-0.3, -0.25) is 14.2 Å². The van der Waals surface area contributed by atoms with Gasteiger partial charge < -0.3 is 16.7 Å². The molecule has 1 saturated heterocycles. The van der Waals surface area contributed by atoms with Crippen molar-refractivity contribution in [1.82, 2.24) is 14.8 Å². The maximum Gasteiger partial charge on any atom is 1.00 e. The quantitative estimate of drug-likeness (QED) is 0.531. The van der Waals surface area contributed by atoms with Gasteiger partial charge in [0.1, 0.15) is 16.1 Å². The number of piperidine rings is 1. The van der Waals surface area contributed by atoms with Gasteiger partial charge in [-0.15, -0.1) is 11.3 Å². The minimum absolute atomic E-state index is 0. The predicted molar refractivity (Wildman–Crippen MR) is 106 cm³/mol. The summed E-state index contributed by atoms with van der Waals surface area (Å²) >= 11 is 1.39. The standard InChI is InChI=1S/C19H27N3O3S.Na.H/c1-13(2)22-18(25)15(16(23)14-7-12-26-19(14)22)17(24)20-8-6-11-21-9-4-3-5-10-21;;/h7,12-13,23H,3-6,8-11H2,1-2H3,(H,20,24);;/q;+1;-1. The van der Waals surface area contributed by atoms with Gasteiger partial charge in [-0.05, 0) is 64.2 Å². The van der Waals surface area contributed by atoms with E-state index >= 15 is 0 Å². The van der Waals surface area contributed by atoms with Crippen molar-refractivity contribution in [3.8, 4) is 5.75 Å². The first kappa shape index (κ1) is 22.4. The Morgan fingerprint density at radius 3 is 2.70 bits per heavy atom. The zero-order valence-electron chi connectivity index (χ0n) is 17.5. The Balaban J connectivity index is 0.00000196. The average molecular weight is 402 g/mol. The number of likely N-dealkylation sites (tertiary alicyclic amines) is 1. The third kappa shape index (κ3) is 4.95. The van der Waals surface area contributed by atoms with Crippen LogP contribution in [0.1, 0.15) is 57.4 Å². The van der Waals surface area contributed by atoms with Crippen LogP contribution in [0.5, 0.6) is 5.75 Å². The van der Waals surface area contributed by atoms with Gasteiger partial charge in [-0.25, -0.2) is 0 Å². The van der Waals surface area contributed by atoms with Crippen LogP contribution in [0.3, 0.4) is 0 Å². The summed E-state index contributed by atoms with van der Waals surface area (Å²) in [5.41, 5.74) is -0.580. The summed E-state index contributed by atoms with van der Waals surface area (Å²) in [6.07, 6.45) is 4.64. The molecule has 1 fully saturated rings. The zero-order chi connectivity index (χ0) is 18.7. The van der Waals surface area contributed by atoms with Gasteiger partial charge in [0.2, 0.25) is 0 Å². The van der Waals surface area contributed by atoms with E-state index in [4.69, 9.17) is 0 Å². The molecule has 27 heavy (non-hydrogen) atoms. The fourth-order valence-corrected chi connectivity index (χ4v) is 4.60. The molecule has 3 heterocycles. The first-order valence-electron chi connectivity index (χ1n) is 9.36. The number of nitrogens with one attached hydrogen (secondary N) is 1. The summed E-state index contributed by atoms with van der Waals surface area (Å²) in [4.78, 5) is 28.5. The van der Waals surface area contributed by atoms with E-state index in [9.17, 15) is 14.7 Å². The van der Waals surface area contributed by atoms with Gasteiger partial charge in [0.25, 0.3) is 11.5 Å². The molecule has 144 valence electrons. The van der Waals surface area contributed by atoms with E-state index in [1.807, 2.05) is 19.2 Å². The van der Waals surface area contributed by atoms with Crippen LogP contribution < -0.4 is 40.4 Å². The molecular weight excluding hydrogens is 373 g/mol. The molecule has 3 rings (SSSR count). The van der Waals surface area contributed by atoms with Crippen LogP contribution in [-0.2, 0) is 0 Å². The van der Waals surface area contributed by atoms with Crippen molar-refractivity contribution in [3.63, 3.8) is 0 Å². The average Bonchev–Trinajstić information content (AvgIpc) is 3.09. The third-order valence-corrected chi connectivity index (χ3v) is 5.83. The summed E-state index contributed by atoms with van der Waals surface area (Å²) in [5, 5.41) is 15.7. The van der Waals surface area contributed by atoms with E-state index in [0.29, 0.717) is 16.8 Å². The predicted octanol–water partition coefficient (Wildman–Crippen LogP) is 0.0718. The molecule has 0 spiro atoms. The van der Waals surface area contributed by atoms with Crippen LogP contribution in [-0.4, -0.2) is 46.7 Å². The number of hydrogen-bond acceptors (Lipinski definition) is 5. The number of pyridine rings is 1. The van der Waals surface area contributed by atoms with Crippen molar-refractivity contribution in [3.05, 3.63) is 27.4 Å². The number of aromatic hydroxyl groups is 1. The maximum absolute atomic E-state index is 12.8. The smallest absolute Gasteiger partial charge is 1.00 e. The monoisotopic (exact) mass is 401 g/mol. The van der Waals surface area contributed by atoms with Crippen LogP contribution in [0.15, 0.2) is 16.2 Å². The fraction of sp³-hybridized carbons (Fsp3) is 0.579. The van der Waals surface area contributed by atoms with E-state index in [2.05, 4.69) is 10.2 Å². The summed E-state index contributed by atoms with van der Waals surface area (Å²) in [7, 11) is 0. The van der Waals surface area contributed by atoms with Crippen molar-refractivity contribution in [2.24, 2.45) is 0 Å². The maximum atomic E-state index is 12.8. The van der Waals surface area contributed by atoms with Crippen molar-refractivity contribution in [2.45, 2.75) is 45.6 Å². The second-order valence-corrected chi connectivity index (χ2v) is 8.04. The number of aromatic nitrogens is 1. The molecule has 0 unspecified atom stereocenters. The van der Waals surface area contributed by atoms with E-state index < -0.39 is 11.5 Å². The summed E-state index contributed by atoms with van der Waals surface area (Å²) < 4.78 is 1.59. The van der Waals surface area contributed by atoms with Crippen molar-refractivity contribution in [1.29, 1.82) is 0 Å². The number of thiophene rings is 1. The number of rotatable bonds is 6. The Hall–Kier alpha value is -0.860. The molecule has 2 N–H and O–H groups in total. The molecule has 0 aliphatic carbocycles. The molecule has 0 saturated carbocycles. The second-order valence-electron chi connectivity index (χ2n) is 7.14. The molecule has 1 aliphatic rings.